The molecule has 1 heteroatoms. The van der Waals surface area contributed by atoms with Crippen LogP contribution >= 0.6 is 0 Å². The lowest BCUT2D eigenvalue weighted by Crippen LogP contribution is -2.33. The summed E-state index contributed by atoms with van der Waals surface area (Å²) in [5.74, 6) is 0. The summed E-state index contributed by atoms with van der Waals surface area (Å²) < 4.78 is 0. The maximum atomic E-state index is 4.41. The van der Waals surface area contributed by atoms with Crippen molar-refractivity contribution in [1.82, 2.24) is 5.32 Å². The van der Waals surface area contributed by atoms with E-state index in [1.54, 1.807) is 0 Å². The predicted octanol–water partition coefficient (Wildman–Crippen LogP) is 1.80. The van der Waals surface area contributed by atoms with E-state index in [0.29, 0.717) is 6.04 Å². The van der Waals surface area contributed by atoms with Crippen LogP contribution in [0.1, 0.15) is 34.6 Å². The topological polar surface area (TPSA) is 14.1 Å². The molecule has 0 N–H and O–H groups in total. The van der Waals surface area contributed by atoms with Gasteiger partial charge < -0.3 is 0 Å². The van der Waals surface area contributed by atoms with E-state index in [9.17, 15) is 0 Å². The summed E-state index contributed by atoms with van der Waals surface area (Å²) in [6.45, 7) is 10.6. The highest BCUT2D eigenvalue weighted by Crippen LogP contribution is 2.02. The van der Waals surface area contributed by atoms with Crippen molar-refractivity contribution >= 4 is 0 Å². The highest BCUT2D eigenvalue weighted by molar-refractivity contribution is 4.71. The zero-order valence-electron chi connectivity index (χ0n) is 6.52. The summed E-state index contributed by atoms with van der Waals surface area (Å²) in [7, 11) is 0. The molecule has 0 aromatic rings. The molecule has 0 spiro atoms. The smallest absolute Gasteiger partial charge is 0.0275 e. The zero-order chi connectivity index (χ0) is 6.78. The summed E-state index contributed by atoms with van der Waals surface area (Å²) in [5.41, 5.74) is 0.147. The van der Waals surface area contributed by atoms with Gasteiger partial charge in [0.1, 0.15) is 0 Å². The molecule has 0 saturated carbocycles. The Balaban J connectivity index is 3.39. The molecule has 0 saturated heterocycles. The molecule has 1 radical (unpaired) electrons. The number of hydrogen-bond acceptors (Lipinski definition) is 0. The fraction of sp³-hybridized carbons (Fsp3) is 1.00. The van der Waals surface area contributed by atoms with Crippen LogP contribution in [0.4, 0.5) is 0 Å². The van der Waals surface area contributed by atoms with Crippen molar-refractivity contribution in [3.05, 3.63) is 0 Å². The molecule has 1 nitrogen and oxygen atoms in total. The predicted molar refractivity (Wildman–Crippen MR) is 37.0 cm³/mol. The fourth-order valence-electron chi connectivity index (χ4n) is 0.775. The SMILES string of the molecule is CC(C)[N]C(C)(C)C. The van der Waals surface area contributed by atoms with Gasteiger partial charge in [-0.2, -0.15) is 0 Å². The molecule has 0 atom stereocenters. The monoisotopic (exact) mass is 114 g/mol. The molecule has 49 valence electrons. The molecule has 0 aliphatic rings. The summed E-state index contributed by atoms with van der Waals surface area (Å²) in [6.07, 6.45) is 0. The number of rotatable bonds is 1. The average Bonchev–Trinajstić information content (AvgIpc) is 1.21. The van der Waals surface area contributed by atoms with Gasteiger partial charge in [0.05, 0.1) is 0 Å². The Morgan fingerprint density at radius 2 is 1.50 bits per heavy atom. The van der Waals surface area contributed by atoms with Crippen molar-refractivity contribution in [3.63, 3.8) is 0 Å². The van der Waals surface area contributed by atoms with Crippen molar-refractivity contribution in [2.75, 3.05) is 0 Å². The highest BCUT2D eigenvalue weighted by atomic mass is 15.0. The normalized spacial score (nSPS) is 12.8. The first kappa shape index (κ1) is 7.96. The molecule has 0 unspecified atom stereocenters. The van der Waals surface area contributed by atoms with Crippen molar-refractivity contribution in [1.29, 1.82) is 0 Å². The number of nitrogens with zero attached hydrogens (tertiary/aromatic N) is 1. The molecule has 0 fully saturated rings. The van der Waals surface area contributed by atoms with Gasteiger partial charge in [-0.15, -0.1) is 0 Å². The van der Waals surface area contributed by atoms with Crippen LogP contribution in [0, 0.1) is 0 Å². The Bertz CT molecular complexity index is 59.3. The van der Waals surface area contributed by atoms with Crippen LogP contribution in [0.3, 0.4) is 0 Å². The van der Waals surface area contributed by atoms with Gasteiger partial charge in [0.2, 0.25) is 0 Å². The van der Waals surface area contributed by atoms with E-state index in [1.165, 1.54) is 0 Å². The molecule has 0 amide bonds. The minimum Gasteiger partial charge on any atom is -0.233 e. The lowest BCUT2D eigenvalue weighted by atomic mass is 10.1. The molecule has 0 aromatic carbocycles. The first-order chi connectivity index (χ1) is 3.42. The van der Waals surface area contributed by atoms with E-state index >= 15 is 0 Å². The minimum atomic E-state index is 0.147. The maximum Gasteiger partial charge on any atom is 0.0275 e. The molecule has 0 bridgehead atoms. The molecule has 0 rings (SSSR count). The molecule has 0 aromatic heterocycles. The first-order valence-corrected chi connectivity index (χ1v) is 3.14. The van der Waals surface area contributed by atoms with Gasteiger partial charge in [-0.25, -0.2) is 5.32 Å². The van der Waals surface area contributed by atoms with Gasteiger partial charge in [0, 0.05) is 11.6 Å². The molecule has 8 heavy (non-hydrogen) atoms. The maximum absolute atomic E-state index is 4.41. The van der Waals surface area contributed by atoms with E-state index in [4.69, 9.17) is 0 Å². The molecular weight excluding hydrogens is 98.1 g/mol. The fourth-order valence-corrected chi connectivity index (χ4v) is 0.775. The second kappa shape index (κ2) is 2.49. The Labute approximate surface area is 52.5 Å². The Hall–Kier alpha value is -0.0400. The lowest BCUT2D eigenvalue weighted by molar-refractivity contribution is 0.376. The van der Waals surface area contributed by atoms with Crippen LogP contribution in [0.5, 0.6) is 0 Å². The summed E-state index contributed by atoms with van der Waals surface area (Å²) in [5, 5.41) is 4.41. The highest BCUT2D eigenvalue weighted by Gasteiger charge is 2.11. The Kier molecular flexibility index (Phi) is 2.48. The third kappa shape index (κ3) is 5.96. The summed E-state index contributed by atoms with van der Waals surface area (Å²) in [4.78, 5) is 0. The van der Waals surface area contributed by atoms with Gasteiger partial charge in [-0.05, 0) is 34.6 Å². The number of hydrogen-bond donors (Lipinski definition) is 0. The Morgan fingerprint density at radius 1 is 1.12 bits per heavy atom. The van der Waals surface area contributed by atoms with Crippen LogP contribution in [0.15, 0.2) is 0 Å². The summed E-state index contributed by atoms with van der Waals surface area (Å²) in [6, 6.07) is 0.468. The molecule has 0 aliphatic carbocycles. The van der Waals surface area contributed by atoms with E-state index < -0.39 is 0 Å². The Morgan fingerprint density at radius 3 is 1.50 bits per heavy atom. The van der Waals surface area contributed by atoms with Crippen LogP contribution < -0.4 is 5.32 Å². The minimum absolute atomic E-state index is 0.147. The van der Waals surface area contributed by atoms with Crippen LogP contribution in [0.25, 0.3) is 0 Å². The van der Waals surface area contributed by atoms with E-state index in [0.717, 1.165) is 0 Å². The average molecular weight is 114 g/mol. The van der Waals surface area contributed by atoms with Crippen molar-refractivity contribution in [2.45, 2.75) is 46.2 Å². The van der Waals surface area contributed by atoms with Crippen molar-refractivity contribution in [3.8, 4) is 0 Å². The molecule has 0 aliphatic heterocycles. The van der Waals surface area contributed by atoms with E-state index in [1.807, 2.05) is 0 Å². The molecule has 0 heterocycles. The van der Waals surface area contributed by atoms with Gasteiger partial charge in [-0.1, -0.05) is 0 Å². The van der Waals surface area contributed by atoms with E-state index in [2.05, 4.69) is 39.9 Å². The largest absolute Gasteiger partial charge is 0.233 e. The van der Waals surface area contributed by atoms with Gasteiger partial charge >= 0.3 is 0 Å². The third-order valence-electron chi connectivity index (χ3n) is 0.645. The second-order valence-electron chi connectivity index (χ2n) is 3.39. The van der Waals surface area contributed by atoms with E-state index in [-0.39, 0.29) is 5.54 Å². The van der Waals surface area contributed by atoms with Gasteiger partial charge in [-0.3, -0.25) is 0 Å². The van der Waals surface area contributed by atoms with Crippen molar-refractivity contribution < 1.29 is 0 Å². The van der Waals surface area contributed by atoms with Gasteiger partial charge in [0.25, 0.3) is 0 Å². The zero-order valence-corrected chi connectivity index (χ0v) is 6.52. The van der Waals surface area contributed by atoms with Crippen molar-refractivity contribution in [2.24, 2.45) is 0 Å². The molecular formula is C7H16N. The van der Waals surface area contributed by atoms with Crippen LogP contribution in [-0.2, 0) is 0 Å². The first-order valence-electron chi connectivity index (χ1n) is 3.14. The van der Waals surface area contributed by atoms with Crippen LogP contribution in [-0.4, -0.2) is 11.6 Å². The van der Waals surface area contributed by atoms with Gasteiger partial charge in [0.15, 0.2) is 0 Å². The lowest BCUT2D eigenvalue weighted by Gasteiger charge is -2.20. The third-order valence-corrected chi connectivity index (χ3v) is 0.645. The summed E-state index contributed by atoms with van der Waals surface area (Å²) >= 11 is 0. The van der Waals surface area contributed by atoms with Crippen LogP contribution in [0.2, 0.25) is 0 Å². The standard InChI is InChI=1S/C7H16N/c1-6(2)8-7(3,4)5/h6H,1-5H3. The second-order valence-corrected chi connectivity index (χ2v) is 3.39. The quantitative estimate of drug-likeness (QED) is 0.493.